The number of ether oxygens (including phenoxy) is 1. The Labute approximate surface area is 157 Å². The second-order valence-electron chi connectivity index (χ2n) is 5.08. The number of aromatic hydroxyl groups is 1. The van der Waals surface area contributed by atoms with Crippen molar-refractivity contribution in [2.75, 3.05) is 6.61 Å². The third-order valence-electron chi connectivity index (χ3n) is 3.27. The maximum absolute atomic E-state index is 9.59. The Morgan fingerprint density at radius 3 is 2.71 bits per heavy atom. The zero-order chi connectivity index (χ0) is 17.1. The monoisotopic (exact) mass is 456 g/mol. The van der Waals surface area contributed by atoms with Crippen LogP contribution in [0, 0.1) is 3.57 Å². The molecule has 1 N–H and O–H groups in total. The molecular weight excluding hydrogens is 443 g/mol. The Morgan fingerprint density at radius 2 is 2.00 bits per heavy atom. The van der Waals surface area contributed by atoms with Gasteiger partial charge in [0.1, 0.15) is 11.5 Å². The molecule has 2 aromatic carbocycles. The van der Waals surface area contributed by atoms with Crippen LogP contribution in [0.2, 0.25) is 5.02 Å². The third kappa shape index (κ3) is 3.64. The van der Waals surface area contributed by atoms with E-state index < -0.39 is 0 Å². The summed E-state index contributed by atoms with van der Waals surface area (Å²) >= 11 is 8.28. The summed E-state index contributed by atoms with van der Waals surface area (Å²) in [5, 5.41) is 14.1. The van der Waals surface area contributed by atoms with Crippen LogP contribution in [0.4, 0.5) is 0 Å². The summed E-state index contributed by atoms with van der Waals surface area (Å²) in [5.74, 6) is 1.68. The molecule has 124 valence electrons. The Bertz CT molecular complexity index is 867. The van der Waals surface area contributed by atoms with Gasteiger partial charge in [-0.15, -0.1) is 0 Å². The van der Waals surface area contributed by atoms with E-state index in [-0.39, 0.29) is 5.75 Å². The smallest absolute Gasteiger partial charge is 0.258 e. The lowest BCUT2D eigenvalue weighted by Gasteiger charge is -2.06. The lowest BCUT2D eigenvalue weighted by molar-refractivity contribution is 0.317. The van der Waals surface area contributed by atoms with Crippen molar-refractivity contribution < 1.29 is 14.4 Å². The van der Waals surface area contributed by atoms with E-state index in [0.29, 0.717) is 29.1 Å². The SMILES string of the molecule is CCCOc1ccc(-c2nc(-c3ccc(O)c(I)c3)no2)cc1Cl. The average Bonchev–Trinajstić information content (AvgIpc) is 3.06. The van der Waals surface area contributed by atoms with E-state index >= 15 is 0 Å². The molecule has 0 saturated heterocycles. The number of aromatic nitrogens is 2. The van der Waals surface area contributed by atoms with Crippen molar-refractivity contribution in [2.24, 2.45) is 0 Å². The minimum absolute atomic E-state index is 0.220. The zero-order valence-electron chi connectivity index (χ0n) is 12.8. The molecule has 1 heterocycles. The van der Waals surface area contributed by atoms with E-state index in [4.69, 9.17) is 20.9 Å². The summed E-state index contributed by atoms with van der Waals surface area (Å²) in [6.45, 7) is 2.65. The van der Waals surface area contributed by atoms with Gasteiger partial charge in [0.2, 0.25) is 5.82 Å². The number of phenols is 1. The predicted molar refractivity (Wildman–Crippen MR) is 100 cm³/mol. The average molecular weight is 457 g/mol. The van der Waals surface area contributed by atoms with E-state index in [1.807, 2.05) is 35.6 Å². The summed E-state index contributed by atoms with van der Waals surface area (Å²) < 4.78 is 11.6. The molecular formula is C17H14ClIN2O3. The second-order valence-corrected chi connectivity index (χ2v) is 6.65. The zero-order valence-corrected chi connectivity index (χ0v) is 15.7. The van der Waals surface area contributed by atoms with E-state index in [9.17, 15) is 5.11 Å². The Kier molecular flexibility index (Phi) is 5.25. The highest BCUT2D eigenvalue weighted by Gasteiger charge is 2.13. The number of hydrogen-bond donors (Lipinski definition) is 1. The largest absolute Gasteiger partial charge is 0.507 e. The lowest BCUT2D eigenvalue weighted by atomic mass is 10.2. The fourth-order valence-electron chi connectivity index (χ4n) is 2.07. The van der Waals surface area contributed by atoms with Gasteiger partial charge in [0.15, 0.2) is 0 Å². The molecule has 0 unspecified atom stereocenters. The molecule has 7 heteroatoms. The van der Waals surface area contributed by atoms with Crippen molar-refractivity contribution in [3.05, 3.63) is 45.0 Å². The van der Waals surface area contributed by atoms with Crippen LogP contribution in [0.25, 0.3) is 22.8 Å². The van der Waals surface area contributed by atoms with Gasteiger partial charge in [-0.05, 0) is 65.4 Å². The van der Waals surface area contributed by atoms with E-state index in [1.54, 1.807) is 30.3 Å². The molecule has 0 fully saturated rings. The summed E-state index contributed by atoms with van der Waals surface area (Å²) in [4.78, 5) is 4.39. The highest BCUT2D eigenvalue weighted by molar-refractivity contribution is 14.1. The fourth-order valence-corrected chi connectivity index (χ4v) is 2.82. The second kappa shape index (κ2) is 7.40. The van der Waals surface area contributed by atoms with Crippen LogP contribution >= 0.6 is 34.2 Å². The lowest BCUT2D eigenvalue weighted by Crippen LogP contribution is -1.95. The Balaban J connectivity index is 1.87. The van der Waals surface area contributed by atoms with Crippen LogP contribution in [0.3, 0.4) is 0 Å². The molecule has 0 saturated carbocycles. The van der Waals surface area contributed by atoms with Crippen molar-refractivity contribution in [2.45, 2.75) is 13.3 Å². The molecule has 24 heavy (non-hydrogen) atoms. The summed E-state index contributed by atoms with van der Waals surface area (Å²) in [6, 6.07) is 10.5. The van der Waals surface area contributed by atoms with Gasteiger partial charge in [0.05, 0.1) is 15.2 Å². The first-order valence-electron chi connectivity index (χ1n) is 7.34. The van der Waals surface area contributed by atoms with Gasteiger partial charge in [-0.3, -0.25) is 0 Å². The van der Waals surface area contributed by atoms with Gasteiger partial charge in [-0.1, -0.05) is 23.7 Å². The highest BCUT2D eigenvalue weighted by Crippen LogP contribution is 2.31. The van der Waals surface area contributed by atoms with Crippen LogP contribution < -0.4 is 4.74 Å². The quantitative estimate of drug-likeness (QED) is 0.537. The molecule has 0 amide bonds. The van der Waals surface area contributed by atoms with Gasteiger partial charge in [-0.25, -0.2) is 0 Å². The first-order chi connectivity index (χ1) is 11.6. The van der Waals surface area contributed by atoms with Crippen molar-refractivity contribution in [3.63, 3.8) is 0 Å². The van der Waals surface area contributed by atoms with Crippen molar-refractivity contribution in [1.29, 1.82) is 0 Å². The Hall–Kier alpha value is -1.80. The number of rotatable bonds is 5. The van der Waals surface area contributed by atoms with Gasteiger partial charge in [-0.2, -0.15) is 4.98 Å². The minimum atomic E-state index is 0.220. The highest BCUT2D eigenvalue weighted by atomic mass is 127. The number of halogens is 2. The normalized spacial score (nSPS) is 10.8. The number of hydrogen-bond acceptors (Lipinski definition) is 5. The molecule has 5 nitrogen and oxygen atoms in total. The Morgan fingerprint density at radius 1 is 1.21 bits per heavy atom. The molecule has 0 bridgehead atoms. The van der Waals surface area contributed by atoms with Crippen LogP contribution in [0.15, 0.2) is 40.9 Å². The third-order valence-corrected chi connectivity index (χ3v) is 4.43. The molecule has 0 aliphatic heterocycles. The van der Waals surface area contributed by atoms with E-state index in [1.165, 1.54) is 0 Å². The van der Waals surface area contributed by atoms with Crippen LogP contribution in [-0.4, -0.2) is 21.9 Å². The fraction of sp³-hybridized carbons (Fsp3) is 0.176. The maximum atomic E-state index is 9.59. The van der Waals surface area contributed by atoms with Crippen molar-refractivity contribution >= 4 is 34.2 Å². The van der Waals surface area contributed by atoms with Gasteiger partial charge in [0.25, 0.3) is 5.89 Å². The van der Waals surface area contributed by atoms with Gasteiger partial charge < -0.3 is 14.4 Å². The van der Waals surface area contributed by atoms with Gasteiger partial charge >= 0.3 is 0 Å². The number of benzene rings is 2. The van der Waals surface area contributed by atoms with Crippen molar-refractivity contribution in [1.82, 2.24) is 10.1 Å². The summed E-state index contributed by atoms with van der Waals surface area (Å²) in [6.07, 6.45) is 0.913. The molecule has 0 aliphatic carbocycles. The molecule has 0 aliphatic rings. The minimum Gasteiger partial charge on any atom is -0.507 e. The molecule has 3 rings (SSSR count). The van der Waals surface area contributed by atoms with Crippen LogP contribution in [-0.2, 0) is 0 Å². The van der Waals surface area contributed by atoms with Crippen LogP contribution in [0.5, 0.6) is 11.5 Å². The summed E-state index contributed by atoms with van der Waals surface area (Å²) in [7, 11) is 0. The first kappa shape index (κ1) is 17.0. The van der Waals surface area contributed by atoms with Crippen molar-refractivity contribution in [3.8, 4) is 34.3 Å². The molecule has 1 aromatic heterocycles. The summed E-state index contributed by atoms with van der Waals surface area (Å²) in [5.41, 5.74) is 1.48. The molecule has 0 spiro atoms. The molecule has 0 radical (unpaired) electrons. The first-order valence-corrected chi connectivity index (χ1v) is 8.79. The van der Waals surface area contributed by atoms with Gasteiger partial charge in [0, 0.05) is 11.1 Å². The van der Waals surface area contributed by atoms with Crippen LogP contribution in [0.1, 0.15) is 13.3 Å². The topological polar surface area (TPSA) is 68.4 Å². The predicted octanol–water partition coefficient (Wildman–Crippen LogP) is 5.16. The number of phenolic OH excluding ortho intramolecular Hbond substituents is 1. The molecule has 0 atom stereocenters. The standard InChI is InChI=1S/C17H14ClIN2O3/c1-2-7-23-15-6-4-11(8-12(15)18)17-20-16(21-24-17)10-3-5-14(22)13(19)9-10/h3-6,8-9,22H,2,7H2,1H3. The van der Waals surface area contributed by atoms with E-state index in [0.717, 1.165) is 21.1 Å². The molecule has 3 aromatic rings. The maximum Gasteiger partial charge on any atom is 0.258 e. The van der Waals surface area contributed by atoms with E-state index in [2.05, 4.69) is 10.1 Å². The number of nitrogens with zero attached hydrogens (tertiary/aromatic N) is 2.